The Kier molecular flexibility index (Phi) is 6.55. The van der Waals surface area contributed by atoms with Crippen molar-refractivity contribution in [3.63, 3.8) is 0 Å². The number of hydrogen-bond donors (Lipinski definition) is 3. The second-order valence-corrected chi connectivity index (χ2v) is 7.68. The maximum atomic E-state index is 14.4. The lowest BCUT2D eigenvalue weighted by Crippen LogP contribution is -2.30. The summed E-state index contributed by atoms with van der Waals surface area (Å²) < 4.78 is 29.3. The molecule has 0 aliphatic rings. The minimum absolute atomic E-state index is 0.0531. The van der Waals surface area contributed by atoms with Gasteiger partial charge in [0.15, 0.2) is 5.82 Å². The zero-order chi connectivity index (χ0) is 23.4. The quantitative estimate of drug-likeness (QED) is 0.354. The first kappa shape index (κ1) is 22.3. The van der Waals surface area contributed by atoms with E-state index in [4.69, 9.17) is 17.3 Å². The topological polar surface area (TPSA) is 85.0 Å². The standard InChI is InChI=1S/C24H20ClF2N5O/c25-17-8-6-16(7-9-17)21-22(30-24(33)29-13-12-15-4-2-1-3-5-15)23(28)32(31-21)20-14-18(26)10-11-19(20)27/h1-11,14H,12-13,28H2,(H2,29,30,33). The molecule has 1 aromatic heterocycles. The number of benzene rings is 3. The predicted molar refractivity (Wildman–Crippen MR) is 126 cm³/mol. The van der Waals surface area contributed by atoms with Crippen molar-refractivity contribution in [2.75, 3.05) is 17.6 Å². The van der Waals surface area contributed by atoms with E-state index in [1.165, 1.54) is 0 Å². The Morgan fingerprint density at radius 2 is 1.76 bits per heavy atom. The Hall–Kier alpha value is -3.91. The molecule has 3 aromatic carbocycles. The normalized spacial score (nSPS) is 10.8. The Bertz CT molecular complexity index is 1280. The van der Waals surface area contributed by atoms with E-state index in [-0.39, 0.29) is 22.9 Å². The summed E-state index contributed by atoms with van der Waals surface area (Å²) in [5.41, 5.74) is 8.16. The van der Waals surface area contributed by atoms with Crippen LogP contribution in [0.3, 0.4) is 0 Å². The summed E-state index contributed by atoms with van der Waals surface area (Å²) >= 11 is 5.98. The Morgan fingerprint density at radius 1 is 1.03 bits per heavy atom. The van der Waals surface area contributed by atoms with Crippen LogP contribution in [-0.2, 0) is 6.42 Å². The smallest absolute Gasteiger partial charge is 0.319 e. The number of nitrogens with two attached hydrogens (primary N) is 1. The van der Waals surface area contributed by atoms with Crippen LogP contribution in [-0.4, -0.2) is 22.4 Å². The van der Waals surface area contributed by atoms with E-state index >= 15 is 0 Å². The first-order valence-corrected chi connectivity index (χ1v) is 10.5. The van der Waals surface area contributed by atoms with Gasteiger partial charge in [0.1, 0.15) is 28.7 Å². The molecule has 0 unspecified atom stereocenters. The average molecular weight is 468 g/mol. The van der Waals surface area contributed by atoms with Crippen LogP contribution in [0.15, 0.2) is 72.8 Å². The minimum Gasteiger partial charge on any atom is -0.382 e. The van der Waals surface area contributed by atoms with Crippen LogP contribution in [0.5, 0.6) is 0 Å². The Labute approximate surface area is 194 Å². The molecule has 0 aliphatic carbocycles. The Morgan fingerprint density at radius 3 is 2.48 bits per heavy atom. The summed E-state index contributed by atoms with van der Waals surface area (Å²) in [6.45, 7) is 0.388. The number of anilines is 2. The van der Waals surface area contributed by atoms with Gasteiger partial charge >= 0.3 is 6.03 Å². The van der Waals surface area contributed by atoms with E-state index in [0.717, 1.165) is 28.4 Å². The van der Waals surface area contributed by atoms with Crippen LogP contribution in [0.25, 0.3) is 16.9 Å². The van der Waals surface area contributed by atoms with Gasteiger partial charge < -0.3 is 16.4 Å². The minimum atomic E-state index is -0.716. The highest BCUT2D eigenvalue weighted by molar-refractivity contribution is 6.30. The predicted octanol–water partition coefficient (Wildman–Crippen LogP) is 5.42. The van der Waals surface area contributed by atoms with Gasteiger partial charge in [0.2, 0.25) is 0 Å². The fourth-order valence-electron chi connectivity index (χ4n) is 3.32. The third-order valence-electron chi connectivity index (χ3n) is 4.96. The molecule has 6 nitrogen and oxygen atoms in total. The monoisotopic (exact) mass is 467 g/mol. The van der Waals surface area contributed by atoms with Crippen LogP contribution in [0.4, 0.5) is 25.1 Å². The summed E-state index contributed by atoms with van der Waals surface area (Å²) in [4.78, 5) is 12.6. The summed E-state index contributed by atoms with van der Waals surface area (Å²) in [5.74, 6) is -1.42. The molecule has 168 valence electrons. The number of nitrogens with one attached hydrogen (secondary N) is 2. The maximum absolute atomic E-state index is 14.4. The first-order chi connectivity index (χ1) is 15.9. The van der Waals surface area contributed by atoms with E-state index in [0.29, 0.717) is 23.6 Å². The van der Waals surface area contributed by atoms with Gasteiger partial charge in [-0.3, -0.25) is 0 Å². The van der Waals surface area contributed by atoms with Crippen molar-refractivity contribution >= 4 is 29.1 Å². The molecule has 9 heteroatoms. The zero-order valence-corrected chi connectivity index (χ0v) is 18.1. The molecule has 0 saturated carbocycles. The van der Waals surface area contributed by atoms with Crippen molar-refractivity contribution < 1.29 is 13.6 Å². The number of nitrogens with zero attached hydrogens (tertiary/aromatic N) is 2. The molecule has 0 fully saturated rings. The van der Waals surface area contributed by atoms with Crippen molar-refractivity contribution in [3.8, 4) is 16.9 Å². The van der Waals surface area contributed by atoms with E-state index < -0.39 is 17.7 Å². The summed E-state index contributed by atoms with van der Waals surface area (Å²) in [6.07, 6.45) is 0.640. The van der Waals surface area contributed by atoms with Crippen LogP contribution in [0, 0.1) is 11.6 Å². The Balaban J connectivity index is 1.63. The number of rotatable bonds is 6. The summed E-state index contributed by atoms with van der Waals surface area (Å²) in [5, 5.41) is 10.3. The lowest BCUT2D eigenvalue weighted by atomic mass is 10.1. The molecule has 2 amide bonds. The van der Waals surface area contributed by atoms with Gasteiger partial charge in [-0.1, -0.05) is 54.1 Å². The van der Waals surface area contributed by atoms with Gasteiger partial charge in [0.25, 0.3) is 0 Å². The molecule has 33 heavy (non-hydrogen) atoms. The lowest BCUT2D eigenvalue weighted by Gasteiger charge is -2.10. The number of carbonyl (C=O) groups excluding carboxylic acids is 1. The molecular weight excluding hydrogens is 448 g/mol. The highest BCUT2D eigenvalue weighted by Crippen LogP contribution is 2.35. The highest BCUT2D eigenvalue weighted by Gasteiger charge is 2.22. The van der Waals surface area contributed by atoms with Gasteiger partial charge in [-0.05, 0) is 36.2 Å². The number of nitrogen functional groups attached to an aromatic ring is 1. The maximum Gasteiger partial charge on any atom is 0.319 e. The third kappa shape index (κ3) is 5.12. The third-order valence-corrected chi connectivity index (χ3v) is 5.21. The molecule has 4 N–H and O–H groups in total. The average Bonchev–Trinajstić information content (AvgIpc) is 3.12. The summed E-state index contributed by atoms with van der Waals surface area (Å²) in [6, 6.07) is 18.8. The number of carbonyl (C=O) groups is 1. The van der Waals surface area contributed by atoms with Crippen LogP contribution < -0.4 is 16.4 Å². The van der Waals surface area contributed by atoms with E-state index in [1.807, 2.05) is 30.3 Å². The number of amides is 2. The van der Waals surface area contributed by atoms with Crippen molar-refractivity contribution in [1.82, 2.24) is 15.1 Å². The molecule has 0 spiro atoms. The van der Waals surface area contributed by atoms with Gasteiger partial charge in [0.05, 0.1) is 0 Å². The van der Waals surface area contributed by atoms with E-state index in [2.05, 4.69) is 15.7 Å². The fraction of sp³-hybridized carbons (Fsp3) is 0.0833. The summed E-state index contributed by atoms with van der Waals surface area (Å²) in [7, 11) is 0. The van der Waals surface area contributed by atoms with Crippen molar-refractivity contribution in [2.24, 2.45) is 0 Å². The molecule has 0 bridgehead atoms. The number of urea groups is 1. The first-order valence-electron chi connectivity index (χ1n) is 10.1. The van der Waals surface area contributed by atoms with Gasteiger partial charge in [-0.15, -0.1) is 0 Å². The molecular formula is C24H20ClF2N5O. The van der Waals surface area contributed by atoms with Gasteiger partial charge in [-0.25, -0.2) is 18.3 Å². The molecule has 0 radical (unpaired) electrons. The van der Waals surface area contributed by atoms with Crippen LogP contribution in [0.1, 0.15) is 5.56 Å². The number of aromatic nitrogens is 2. The number of halogens is 3. The second-order valence-electron chi connectivity index (χ2n) is 7.24. The second kappa shape index (κ2) is 9.70. The van der Waals surface area contributed by atoms with Crippen molar-refractivity contribution in [2.45, 2.75) is 6.42 Å². The molecule has 0 aliphatic heterocycles. The SMILES string of the molecule is Nc1c(NC(=O)NCCc2ccccc2)c(-c2ccc(Cl)cc2)nn1-c1cc(F)ccc1F. The molecule has 4 rings (SSSR count). The van der Waals surface area contributed by atoms with Crippen molar-refractivity contribution in [3.05, 3.63) is 95.0 Å². The highest BCUT2D eigenvalue weighted by atomic mass is 35.5. The van der Waals surface area contributed by atoms with Crippen LogP contribution in [0.2, 0.25) is 5.02 Å². The largest absolute Gasteiger partial charge is 0.382 e. The van der Waals surface area contributed by atoms with E-state index in [1.54, 1.807) is 24.3 Å². The van der Waals surface area contributed by atoms with E-state index in [9.17, 15) is 13.6 Å². The van der Waals surface area contributed by atoms with Gasteiger partial charge in [-0.2, -0.15) is 5.10 Å². The number of hydrogen-bond acceptors (Lipinski definition) is 3. The molecule has 4 aromatic rings. The fourth-order valence-corrected chi connectivity index (χ4v) is 3.44. The zero-order valence-electron chi connectivity index (χ0n) is 17.4. The molecule has 0 atom stereocenters. The van der Waals surface area contributed by atoms with Crippen LogP contribution >= 0.6 is 11.6 Å². The lowest BCUT2D eigenvalue weighted by molar-refractivity contribution is 0.252. The molecule has 1 heterocycles. The van der Waals surface area contributed by atoms with Crippen molar-refractivity contribution in [1.29, 1.82) is 0 Å². The van der Waals surface area contributed by atoms with Gasteiger partial charge in [0, 0.05) is 23.2 Å². The molecule has 0 saturated heterocycles.